The van der Waals surface area contributed by atoms with E-state index < -0.39 is 0 Å². The Morgan fingerprint density at radius 3 is 2.31 bits per heavy atom. The van der Waals surface area contributed by atoms with Gasteiger partial charge < -0.3 is 4.74 Å². The molecule has 0 amide bonds. The highest BCUT2D eigenvalue weighted by atomic mass is 79.9. The molecular formula is C12H7BrCl2O. The Kier molecular flexibility index (Phi) is 3.74. The van der Waals surface area contributed by atoms with Gasteiger partial charge in [0.25, 0.3) is 0 Å². The van der Waals surface area contributed by atoms with Gasteiger partial charge in [0.15, 0.2) is 0 Å². The lowest BCUT2D eigenvalue weighted by molar-refractivity contribution is 0.482. The first-order valence-electron chi connectivity index (χ1n) is 4.53. The van der Waals surface area contributed by atoms with E-state index in [0.717, 1.165) is 10.2 Å². The highest BCUT2D eigenvalue weighted by Crippen LogP contribution is 2.30. The molecule has 0 saturated carbocycles. The van der Waals surface area contributed by atoms with Crippen LogP contribution in [-0.4, -0.2) is 0 Å². The van der Waals surface area contributed by atoms with Crippen LogP contribution >= 0.6 is 39.1 Å². The largest absolute Gasteiger partial charge is 0.457 e. The molecule has 0 aliphatic rings. The normalized spacial score (nSPS) is 10.2. The standard InChI is InChI=1S/C12H7BrCl2O/c13-8-2-1-3-9(6-8)16-10-4-5-11(14)12(15)7-10/h1-7H. The average molecular weight is 318 g/mol. The first kappa shape index (κ1) is 11.8. The van der Waals surface area contributed by atoms with Crippen LogP contribution in [0.5, 0.6) is 11.5 Å². The van der Waals surface area contributed by atoms with Crippen LogP contribution in [0.25, 0.3) is 0 Å². The van der Waals surface area contributed by atoms with Crippen molar-refractivity contribution in [2.24, 2.45) is 0 Å². The van der Waals surface area contributed by atoms with Gasteiger partial charge in [-0.2, -0.15) is 0 Å². The summed E-state index contributed by atoms with van der Waals surface area (Å²) in [6, 6.07) is 12.7. The number of benzene rings is 2. The van der Waals surface area contributed by atoms with E-state index in [1.54, 1.807) is 18.2 Å². The highest BCUT2D eigenvalue weighted by Gasteiger charge is 2.01. The fourth-order valence-corrected chi connectivity index (χ4v) is 1.87. The van der Waals surface area contributed by atoms with Gasteiger partial charge in [-0.3, -0.25) is 0 Å². The Morgan fingerprint density at radius 1 is 0.875 bits per heavy atom. The van der Waals surface area contributed by atoms with Crippen LogP contribution in [0, 0.1) is 0 Å². The molecule has 0 unspecified atom stereocenters. The monoisotopic (exact) mass is 316 g/mol. The molecule has 0 aromatic heterocycles. The summed E-state index contributed by atoms with van der Waals surface area (Å²) < 4.78 is 6.58. The fourth-order valence-electron chi connectivity index (χ4n) is 1.21. The molecule has 4 heteroatoms. The van der Waals surface area contributed by atoms with Crippen LogP contribution in [0.1, 0.15) is 0 Å². The molecule has 0 aliphatic carbocycles. The van der Waals surface area contributed by atoms with Crippen LogP contribution in [0.3, 0.4) is 0 Å². The minimum atomic E-state index is 0.481. The van der Waals surface area contributed by atoms with Crippen molar-refractivity contribution in [2.45, 2.75) is 0 Å². The van der Waals surface area contributed by atoms with Crippen LogP contribution in [0.2, 0.25) is 10.0 Å². The molecule has 16 heavy (non-hydrogen) atoms. The third-order valence-corrected chi connectivity index (χ3v) is 3.16. The molecule has 0 fully saturated rings. The van der Waals surface area contributed by atoms with Crippen molar-refractivity contribution < 1.29 is 4.74 Å². The van der Waals surface area contributed by atoms with E-state index in [2.05, 4.69) is 15.9 Å². The Bertz CT molecular complexity index is 514. The summed E-state index contributed by atoms with van der Waals surface area (Å²) in [6.07, 6.45) is 0. The Balaban J connectivity index is 2.24. The SMILES string of the molecule is Clc1ccc(Oc2cccc(Br)c2)cc1Cl. The van der Waals surface area contributed by atoms with E-state index in [9.17, 15) is 0 Å². The third-order valence-electron chi connectivity index (χ3n) is 1.92. The Morgan fingerprint density at radius 2 is 1.62 bits per heavy atom. The molecule has 0 saturated heterocycles. The molecule has 0 aliphatic heterocycles. The molecule has 0 spiro atoms. The van der Waals surface area contributed by atoms with Crippen LogP contribution in [0.4, 0.5) is 0 Å². The maximum Gasteiger partial charge on any atom is 0.129 e. The number of ether oxygens (including phenoxy) is 1. The summed E-state index contributed by atoms with van der Waals surface area (Å²) in [6.45, 7) is 0. The zero-order valence-electron chi connectivity index (χ0n) is 8.08. The van der Waals surface area contributed by atoms with Gasteiger partial charge in [-0.25, -0.2) is 0 Å². The summed E-state index contributed by atoms with van der Waals surface area (Å²) in [7, 11) is 0. The topological polar surface area (TPSA) is 9.23 Å². The van der Waals surface area contributed by atoms with Gasteiger partial charge in [0.2, 0.25) is 0 Å². The molecule has 82 valence electrons. The average Bonchev–Trinajstić information content (AvgIpc) is 2.24. The van der Waals surface area contributed by atoms with Crippen molar-refractivity contribution in [3.05, 3.63) is 57.0 Å². The summed E-state index contributed by atoms with van der Waals surface area (Å²) >= 11 is 15.1. The first-order valence-corrected chi connectivity index (χ1v) is 6.08. The van der Waals surface area contributed by atoms with Gasteiger partial charge in [0.05, 0.1) is 10.0 Å². The zero-order valence-corrected chi connectivity index (χ0v) is 11.2. The zero-order chi connectivity index (χ0) is 11.5. The maximum atomic E-state index is 5.89. The first-order chi connectivity index (χ1) is 7.65. The van der Waals surface area contributed by atoms with Gasteiger partial charge >= 0.3 is 0 Å². The van der Waals surface area contributed by atoms with Crippen LogP contribution < -0.4 is 4.74 Å². The Labute approximate surface area is 112 Å². The molecule has 0 bridgehead atoms. The second-order valence-corrected chi connectivity index (χ2v) is 4.87. The third kappa shape index (κ3) is 2.91. The van der Waals surface area contributed by atoms with Crippen LogP contribution in [-0.2, 0) is 0 Å². The van der Waals surface area contributed by atoms with E-state index in [1.165, 1.54) is 0 Å². The summed E-state index contributed by atoms with van der Waals surface area (Å²) in [4.78, 5) is 0. The smallest absolute Gasteiger partial charge is 0.129 e. The van der Waals surface area contributed by atoms with Gasteiger partial charge in [-0.05, 0) is 30.3 Å². The molecule has 2 rings (SSSR count). The van der Waals surface area contributed by atoms with E-state index >= 15 is 0 Å². The second kappa shape index (κ2) is 5.09. The van der Waals surface area contributed by atoms with Gasteiger partial charge in [-0.15, -0.1) is 0 Å². The van der Waals surface area contributed by atoms with Crippen molar-refractivity contribution in [2.75, 3.05) is 0 Å². The Hall–Kier alpha value is -0.700. The maximum absolute atomic E-state index is 5.89. The van der Waals surface area contributed by atoms with Gasteiger partial charge in [-0.1, -0.05) is 45.2 Å². The summed E-state index contributed by atoms with van der Waals surface area (Å²) in [5.74, 6) is 1.40. The van der Waals surface area contributed by atoms with E-state index in [0.29, 0.717) is 15.8 Å². The van der Waals surface area contributed by atoms with Crippen molar-refractivity contribution in [3.63, 3.8) is 0 Å². The molecule has 0 radical (unpaired) electrons. The summed E-state index contributed by atoms with van der Waals surface area (Å²) in [5.41, 5.74) is 0. The lowest BCUT2D eigenvalue weighted by atomic mass is 10.3. The molecular weight excluding hydrogens is 311 g/mol. The van der Waals surface area contributed by atoms with Crippen molar-refractivity contribution in [3.8, 4) is 11.5 Å². The molecule has 0 atom stereocenters. The van der Waals surface area contributed by atoms with Gasteiger partial charge in [0, 0.05) is 10.5 Å². The number of halogens is 3. The molecule has 2 aromatic rings. The van der Waals surface area contributed by atoms with Crippen LogP contribution in [0.15, 0.2) is 46.9 Å². The molecule has 0 heterocycles. The van der Waals surface area contributed by atoms with Crippen molar-refractivity contribution in [1.82, 2.24) is 0 Å². The minimum Gasteiger partial charge on any atom is -0.457 e. The molecule has 0 N–H and O–H groups in total. The number of rotatable bonds is 2. The lowest BCUT2D eigenvalue weighted by Gasteiger charge is -2.06. The summed E-state index contributed by atoms with van der Waals surface area (Å²) in [5, 5.41) is 0.998. The van der Waals surface area contributed by atoms with E-state index in [-0.39, 0.29) is 0 Å². The number of hydrogen-bond acceptors (Lipinski definition) is 1. The van der Waals surface area contributed by atoms with Gasteiger partial charge in [0.1, 0.15) is 11.5 Å². The second-order valence-electron chi connectivity index (χ2n) is 3.14. The van der Waals surface area contributed by atoms with E-state index in [1.807, 2.05) is 24.3 Å². The van der Waals surface area contributed by atoms with Crippen molar-refractivity contribution in [1.29, 1.82) is 0 Å². The predicted molar refractivity (Wildman–Crippen MR) is 70.7 cm³/mol. The lowest BCUT2D eigenvalue weighted by Crippen LogP contribution is -1.83. The quantitative estimate of drug-likeness (QED) is 0.705. The van der Waals surface area contributed by atoms with Crippen molar-refractivity contribution >= 4 is 39.1 Å². The molecule has 1 nitrogen and oxygen atoms in total. The minimum absolute atomic E-state index is 0.481. The highest BCUT2D eigenvalue weighted by molar-refractivity contribution is 9.10. The predicted octanol–water partition coefficient (Wildman–Crippen LogP) is 5.55. The number of hydrogen-bond donors (Lipinski definition) is 0. The van der Waals surface area contributed by atoms with E-state index in [4.69, 9.17) is 27.9 Å². The fraction of sp³-hybridized carbons (Fsp3) is 0. The molecule has 2 aromatic carbocycles.